The molecule has 0 aliphatic rings. The van der Waals surface area contributed by atoms with Crippen molar-refractivity contribution in [1.29, 1.82) is 0 Å². The van der Waals surface area contributed by atoms with Crippen LogP contribution in [0.1, 0.15) is 30.5 Å². The third-order valence-electron chi connectivity index (χ3n) is 5.60. The molecule has 0 spiro atoms. The fourth-order valence-corrected chi connectivity index (χ4v) is 3.72. The van der Waals surface area contributed by atoms with Crippen LogP contribution >= 0.6 is 0 Å². The minimum atomic E-state index is -0.687. The van der Waals surface area contributed by atoms with Crippen molar-refractivity contribution in [3.05, 3.63) is 95.6 Å². The minimum Gasteiger partial charge on any atom is -0.497 e. The molecule has 3 aromatic carbocycles. The van der Waals surface area contributed by atoms with E-state index < -0.39 is 6.04 Å². The maximum absolute atomic E-state index is 13.5. The van der Waals surface area contributed by atoms with Crippen molar-refractivity contribution in [2.45, 2.75) is 45.8 Å². The van der Waals surface area contributed by atoms with Crippen LogP contribution in [0.4, 0.5) is 0 Å². The summed E-state index contributed by atoms with van der Waals surface area (Å²) in [6, 6.07) is 24.1. The van der Waals surface area contributed by atoms with E-state index >= 15 is 0 Å². The molecular formula is C29H34N2O4. The lowest BCUT2D eigenvalue weighted by atomic mass is 10.0. The van der Waals surface area contributed by atoms with Crippen LogP contribution in [0.2, 0.25) is 0 Å². The quantitative estimate of drug-likeness (QED) is 0.443. The fraction of sp³-hybridized carbons (Fsp3) is 0.310. The zero-order valence-corrected chi connectivity index (χ0v) is 20.9. The number of carbonyl (C=O) groups excluding carboxylic acids is 2. The fourth-order valence-electron chi connectivity index (χ4n) is 3.72. The molecule has 1 atom stereocenters. The number of hydrogen-bond acceptors (Lipinski definition) is 4. The van der Waals surface area contributed by atoms with Crippen LogP contribution in [0, 0.1) is 6.92 Å². The van der Waals surface area contributed by atoms with E-state index in [1.54, 1.807) is 36.3 Å². The Morgan fingerprint density at radius 2 is 1.49 bits per heavy atom. The molecule has 6 nitrogen and oxygen atoms in total. The van der Waals surface area contributed by atoms with Crippen LogP contribution in [-0.2, 0) is 22.6 Å². The van der Waals surface area contributed by atoms with Gasteiger partial charge in [-0.25, -0.2) is 0 Å². The van der Waals surface area contributed by atoms with Gasteiger partial charge in [-0.1, -0.05) is 60.2 Å². The molecule has 0 saturated heterocycles. The summed E-state index contributed by atoms with van der Waals surface area (Å²) in [6.45, 7) is 5.96. The third kappa shape index (κ3) is 7.88. The summed E-state index contributed by atoms with van der Waals surface area (Å²) in [4.78, 5) is 28.5. The van der Waals surface area contributed by atoms with Gasteiger partial charge in [0.15, 0.2) is 6.61 Å². The normalized spacial score (nSPS) is 11.6. The summed E-state index contributed by atoms with van der Waals surface area (Å²) in [5, 5.41) is 2.99. The standard InChI is InChI=1S/C29H34N2O4/c1-21(2)30-29(33)27(18-23-8-6-5-7-9-23)31(19-24-12-10-22(3)11-13-24)28(32)20-35-26-16-14-25(34-4)15-17-26/h5-17,21,27H,18-20H2,1-4H3,(H,30,33)/t27-/m1/s1. The zero-order chi connectivity index (χ0) is 25.2. The molecule has 0 aliphatic carbocycles. The van der Waals surface area contributed by atoms with E-state index in [-0.39, 0.29) is 24.5 Å². The Morgan fingerprint density at radius 3 is 2.09 bits per heavy atom. The highest BCUT2D eigenvalue weighted by Gasteiger charge is 2.31. The second-order valence-corrected chi connectivity index (χ2v) is 8.84. The van der Waals surface area contributed by atoms with Crippen molar-refractivity contribution in [3.63, 3.8) is 0 Å². The van der Waals surface area contributed by atoms with Gasteiger partial charge in [-0.15, -0.1) is 0 Å². The molecule has 0 heterocycles. The number of amides is 2. The minimum absolute atomic E-state index is 0.0485. The number of rotatable bonds is 11. The molecule has 6 heteroatoms. The highest BCUT2D eigenvalue weighted by atomic mass is 16.5. The number of nitrogens with zero attached hydrogens (tertiary/aromatic N) is 1. The lowest BCUT2D eigenvalue weighted by molar-refractivity contribution is -0.143. The van der Waals surface area contributed by atoms with Gasteiger partial charge in [-0.05, 0) is 56.2 Å². The molecule has 0 bridgehead atoms. The predicted molar refractivity (Wildman–Crippen MR) is 137 cm³/mol. The van der Waals surface area contributed by atoms with E-state index in [2.05, 4.69) is 5.32 Å². The predicted octanol–water partition coefficient (Wildman–Crippen LogP) is 4.55. The Bertz CT molecular complexity index is 1080. The molecule has 0 aromatic heterocycles. The van der Waals surface area contributed by atoms with Crippen LogP contribution < -0.4 is 14.8 Å². The van der Waals surface area contributed by atoms with E-state index in [0.29, 0.717) is 24.5 Å². The van der Waals surface area contributed by atoms with Gasteiger partial charge in [0.05, 0.1) is 7.11 Å². The van der Waals surface area contributed by atoms with Gasteiger partial charge in [0.1, 0.15) is 17.5 Å². The number of nitrogens with one attached hydrogen (secondary N) is 1. The molecule has 0 saturated carbocycles. The van der Waals surface area contributed by atoms with Gasteiger partial charge < -0.3 is 19.7 Å². The number of carbonyl (C=O) groups is 2. The van der Waals surface area contributed by atoms with Crippen molar-refractivity contribution in [2.75, 3.05) is 13.7 Å². The Hall–Kier alpha value is -3.80. The first-order valence-electron chi connectivity index (χ1n) is 11.8. The number of ether oxygens (including phenoxy) is 2. The summed E-state index contributed by atoms with van der Waals surface area (Å²) in [6.07, 6.45) is 0.402. The molecule has 35 heavy (non-hydrogen) atoms. The van der Waals surface area contributed by atoms with Gasteiger partial charge >= 0.3 is 0 Å². The number of hydrogen-bond donors (Lipinski definition) is 1. The van der Waals surface area contributed by atoms with E-state index in [1.165, 1.54) is 0 Å². The van der Waals surface area contributed by atoms with Gasteiger partial charge in [-0.2, -0.15) is 0 Å². The zero-order valence-electron chi connectivity index (χ0n) is 20.9. The van der Waals surface area contributed by atoms with Crippen LogP contribution in [-0.4, -0.2) is 42.5 Å². The second-order valence-electron chi connectivity index (χ2n) is 8.84. The summed E-state index contributed by atoms with van der Waals surface area (Å²) >= 11 is 0. The molecule has 1 N–H and O–H groups in total. The average molecular weight is 475 g/mol. The highest BCUT2D eigenvalue weighted by Crippen LogP contribution is 2.19. The molecule has 0 aliphatic heterocycles. The van der Waals surface area contributed by atoms with Crippen LogP contribution in [0.5, 0.6) is 11.5 Å². The largest absolute Gasteiger partial charge is 0.497 e. The first-order valence-corrected chi connectivity index (χ1v) is 11.8. The topological polar surface area (TPSA) is 67.9 Å². The van der Waals surface area contributed by atoms with Crippen LogP contribution in [0.15, 0.2) is 78.9 Å². The lowest BCUT2D eigenvalue weighted by Crippen LogP contribution is -2.52. The molecule has 3 aromatic rings. The molecule has 184 valence electrons. The number of methoxy groups -OCH3 is 1. The van der Waals surface area contributed by atoms with E-state index in [4.69, 9.17) is 9.47 Å². The first-order chi connectivity index (χ1) is 16.9. The Morgan fingerprint density at radius 1 is 0.857 bits per heavy atom. The summed E-state index contributed by atoms with van der Waals surface area (Å²) in [5.41, 5.74) is 3.06. The monoisotopic (exact) mass is 474 g/mol. The smallest absolute Gasteiger partial charge is 0.261 e. The molecule has 0 fully saturated rings. The Balaban J connectivity index is 1.87. The highest BCUT2D eigenvalue weighted by molar-refractivity contribution is 5.88. The van der Waals surface area contributed by atoms with Crippen LogP contribution in [0.3, 0.4) is 0 Å². The molecule has 2 amide bonds. The van der Waals surface area contributed by atoms with Crippen molar-refractivity contribution in [2.24, 2.45) is 0 Å². The van der Waals surface area contributed by atoms with Crippen LogP contribution in [0.25, 0.3) is 0 Å². The van der Waals surface area contributed by atoms with E-state index in [1.807, 2.05) is 75.4 Å². The van der Waals surface area contributed by atoms with E-state index in [0.717, 1.165) is 16.7 Å². The number of benzene rings is 3. The van der Waals surface area contributed by atoms with Crippen molar-refractivity contribution >= 4 is 11.8 Å². The molecular weight excluding hydrogens is 440 g/mol. The first kappa shape index (κ1) is 25.8. The van der Waals surface area contributed by atoms with Gasteiger partial charge in [0, 0.05) is 19.0 Å². The summed E-state index contributed by atoms with van der Waals surface area (Å²) in [7, 11) is 1.59. The SMILES string of the molecule is COc1ccc(OCC(=O)N(Cc2ccc(C)cc2)[C@H](Cc2ccccc2)C(=O)NC(C)C)cc1. The van der Waals surface area contributed by atoms with Crippen molar-refractivity contribution in [1.82, 2.24) is 10.2 Å². The molecule has 0 radical (unpaired) electrons. The lowest BCUT2D eigenvalue weighted by Gasteiger charge is -2.32. The van der Waals surface area contributed by atoms with Gasteiger partial charge in [0.2, 0.25) is 5.91 Å². The third-order valence-corrected chi connectivity index (χ3v) is 5.60. The van der Waals surface area contributed by atoms with Gasteiger partial charge in [-0.3, -0.25) is 9.59 Å². The Kier molecular flexibility index (Phi) is 9.30. The summed E-state index contributed by atoms with van der Waals surface area (Å²) < 4.78 is 11.0. The maximum atomic E-state index is 13.5. The summed E-state index contributed by atoms with van der Waals surface area (Å²) in [5.74, 6) is 0.814. The number of aryl methyl sites for hydroxylation is 1. The van der Waals surface area contributed by atoms with Crippen molar-refractivity contribution < 1.29 is 19.1 Å². The van der Waals surface area contributed by atoms with Crippen molar-refractivity contribution in [3.8, 4) is 11.5 Å². The van der Waals surface area contributed by atoms with E-state index in [9.17, 15) is 9.59 Å². The van der Waals surface area contributed by atoms with Gasteiger partial charge in [0.25, 0.3) is 5.91 Å². The maximum Gasteiger partial charge on any atom is 0.261 e. The molecule has 3 rings (SSSR count). The Labute approximate surface area is 207 Å². The average Bonchev–Trinajstić information content (AvgIpc) is 2.86. The molecule has 0 unspecified atom stereocenters. The second kappa shape index (κ2) is 12.6.